The molecule has 0 spiro atoms. The summed E-state index contributed by atoms with van der Waals surface area (Å²) >= 11 is 0. The first-order chi connectivity index (χ1) is 9.71. The smallest absolute Gasteiger partial charge is 0.179 e. The summed E-state index contributed by atoms with van der Waals surface area (Å²) in [5, 5.41) is 12.7. The van der Waals surface area contributed by atoms with Crippen molar-refractivity contribution in [3.05, 3.63) is 12.0 Å². The van der Waals surface area contributed by atoms with Crippen LogP contribution in [0.15, 0.2) is 6.20 Å². The second-order valence-corrected chi connectivity index (χ2v) is 4.64. The number of aromatic nitrogens is 2. The van der Waals surface area contributed by atoms with Crippen molar-refractivity contribution in [2.75, 3.05) is 32.2 Å². The van der Waals surface area contributed by atoms with Gasteiger partial charge in [0.05, 0.1) is 25.5 Å². The standard InChI is InChI=1S/C14H25N3O3/c1-4-5-6-12(10-18)17-14-13(20-8-7-19-3)9-15-11(2)16-14/h9,12,18H,4-8,10H2,1-3H3,(H,15,16,17)/t12-/m0/s1. The number of aryl methyl sites for hydroxylation is 1. The number of hydrogen-bond donors (Lipinski definition) is 2. The van der Waals surface area contributed by atoms with Crippen LogP contribution in [0.1, 0.15) is 32.0 Å². The van der Waals surface area contributed by atoms with Gasteiger partial charge < -0.3 is 19.9 Å². The Morgan fingerprint density at radius 2 is 2.20 bits per heavy atom. The molecule has 0 radical (unpaired) electrons. The van der Waals surface area contributed by atoms with Crippen molar-refractivity contribution in [3.63, 3.8) is 0 Å². The van der Waals surface area contributed by atoms with E-state index < -0.39 is 0 Å². The quantitative estimate of drug-likeness (QED) is 0.637. The summed E-state index contributed by atoms with van der Waals surface area (Å²) in [6.07, 6.45) is 4.70. The molecule has 20 heavy (non-hydrogen) atoms. The Kier molecular flexibility index (Phi) is 7.91. The van der Waals surface area contributed by atoms with Crippen molar-refractivity contribution in [1.82, 2.24) is 9.97 Å². The number of aliphatic hydroxyl groups excluding tert-OH is 1. The molecule has 0 amide bonds. The van der Waals surface area contributed by atoms with E-state index in [1.807, 2.05) is 6.92 Å². The number of hydrogen-bond acceptors (Lipinski definition) is 6. The molecule has 0 aliphatic heterocycles. The molecule has 0 unspecified atom stereocenters. The van der Waals surface area contributed by atoms with Gasteiger partial charge >= 0.3 is 0 Å². The minimum atomic E-state index is -0.0194. The van der Waals surface area contributed by atoms with Crippen LogP contribution in [0, 0.1) is 6.92 Å². The molecule has 0 aliphatic rings. The molecular weight excluding hydrogens is 258 g/mol. The van der Waals surface area contributed by atoms with Crippen molar-refractivity contribution in [1.29, 1.82) is 0 Å². The molecule has 2 N–H and O–H groups in total. The molecule has 0 saturated carbocycles. The van der Waals surface area contributed by atoms with Crippen LogP contribution in [0.2, 0.25) is 0 Å². The fraction of sp³-hybridized carbons (Fsp3) is 0.714. The molecule has 1 aromatic rings. The predicted molar refractivity (Wildman–Crippen MR) is 78.2 cm³/mol. The van der Waals surface area contributed by atoms with Gasteiger partial charge in [0.25, 0.3) is 0 Å². The summed E-state index contributed by atoms with van der Waals surface area (Å²) in [5.74, 6) is 1.88. The number of nitrogens with zero attached hydrogens (tertiary/aromatic N) is 2. The highest BCUT2D eigenvalue weighted by Crippen LogP contribution is 2.22. The number of anilines is 1. The molecule has 0 saturated heterocycles. The van der Waals surface area contributed by atoms with Crippen LogP contribution in [-0.2, 0) is 4.74 Å². The highest BCUT2D eigenvalue weighted by Gasteiger charge is 2.12. The van der Waals surface area contributed by atoms with Gasteiger partial charge in [0.1, 0.15) is 12.4 Å². The number of ether oxygens (including phenoxy) is 2. The second kappa shape index (κ2) is 9.50. The van der Waals surface area contributed by atoms with Gasteiger partial charge in [-0.25, -0.2) is 9.97 Å². The van der Waals surface area contributed by atoms with E-state index in [0.717, 1.165) is 19.3 Å². The van der Waals surface area contributed by atoms with E-state index in [1.165, 1.54) is 0 Å². The van der Waals surface area contributed by atoms with E-state index in [1.54, 1.807) is 13.3 Å². The van der Waals surface area contributed by atoms with Gasteiger partial charge in [0.15, 0.2) is 11.6 Å². The van der Waals surface area contributed by atoms with Crippen LogP contribution in [0.4, 0.5) is 5.82 Å². The number of rotatable bonds is 10. The maximum Gasteiger partial charge on any atom is 0.179 e. The Morgan fingerprint density at radius 3 is 2.85 bits per heavy atom. The zero-order valence-electron chi connectivity index (χ0n) is 12.6. The van der Waals surface area contributed by atoms with E-state index in [4.69, 9.17) is 9.47 Å². The Morgan fingerprint density at radius 1 is 1.40 bits per heavy atom. The SMILES string of the molecule is CCCC[C@@H](CO)Nc1nc(C)ncc1OCCOC. The maximum absolute atomic E-state index is 9.42. The van der Waals surface area contributed by atoms with Gasteiger partial charge in [0.2, 0.25) is 0 Å². The molecule has 0 aromatic carbocycles. The predicted octanol–water partition coefficient (Wildman–Crippen LogP) is 1.77. The summed E-state index contributed by atoms with van der Waals surface area (Å²) in [6.45, 7) is 4.97. The van der Waals surface area contributed by atoms with Crippen LogP contribution in [0.3, 0.4) is 0 Å². The fourth-order valence-electron chi connectivity index (χ4n) is 1.76. The first kappa shape index (κ1) is 16.7. The lowest BCUT2D eigenvalue weighted by Gasteiger charge is -2.19. The van der Waals surface area contributed by atoms with Crippen LogP contribution < -0.4 is 10.1 Å². The summed E-state index contributed by atoms with van der Waals surface area (Å²) < 4.78 is 10.5. The van der Waals surface area contributed by atoms with Crippen LogP contribution in [-0.4, -0.2) is 48.0 Å². The lowest BCUT2D eigenvalue weighted by molar-refractivity contribution is 0.146. The highest BCUT2D eigenvalue weighted by molar-refractivity contribution is 5.49. The van der Waals surface area contributed by atoms with E-state index in [2.05, 4.69) is 22.2 Å². The van der Waals surface area contributed by atoms with Crippen LogP contribution in [0.5, 0.6) is 5.75 Å². The average Bonchev–Trinajstić information content (AvgIpc) is 2.45. The Labute approximate surface area is 120 Å². The molecule has 1 heterocycles. The van der Waals surface area contributed by atoms with Gasteiger partial charge in [0, 0.05) is 7.11 Å². The monoisotopic (exact) mass is 283 g/mol. The van der Waals surface area contributed by atoms with E-state index in [-0.39, 0.29) is 12.6 Å². The second-order valence-electron chi connectivity index (χ2n) is 4.64. The fourth-order valence-corrected chi connectivity index (χ4v) is 1.76. The molecule has 0 fully saturated rings. The van der Waals surface area contributed by atoms with Crippen molar-refractivity contribution in [2.45, 2.75) is 39.2 Å². The first-order valence-corrected chi connectivity index (χ1v) is 7.04. The van der Waals surface area contributed by atoms with Crippen LogP contribution in [0.25, 0.3) is 0 Å². The van der Waals surface area contributed by atoms with Crippen LogP contribution >= 0.6 is 0 Å². The number of nitrogens with one attached hydrogen (secondary N) is 1. The molecule has 1 rings (SSSR count). The van der Waals surface area contributed by atoms with Crippen molar-refractivity contribution in [3.8, 4) is 5.75 Å². The Hall–Kier alpha value is -1.40. The van der Waals surface area contributed by atoms with E-state index in [0.29, 0.717) is 30.6 Å². The summed E-state index contributed by atoms with van der Waals surface area (Å²) in [4.78, 5) is 8.48. The van der Waals surface area contributed by atoms with Gasteiger partial charge in [-0.05, 0) is 13.3 Å². The van der Waals surface area contributed by atoms with Crippen molar-refractivity contribution in [2.24, 2.45) is 0 Å². The van der Waals surface area contributed by atoms with Gasteiger partial charge in [-0.1, -0.05) is 19.8 Å². The van der Waals surface area contributed by atoms with Gasteiger partial charge in [-0.15, -0.1) is 0 Å². The zero-order chi connectivity index (χ0) is 14.8. The molecular formula is C14H25N3O3. The normalized spacial score (nSPS) is 12.2. The van der Waals surface area contributed by atoms with Crippen molar-refractivity contribution >= 4 is 5.82 Å². The van der Waals surface area contributed by atoms with Gasteiger partial charge in [-0.3, -0.25) is 0 Å². The average molecular weight is 283 g/mol. The summed E-state index contributed by atoms with van der Waals surface area (Å²) in [5.41, 5.74) is 0. The molecule has 6 nitrogen and oxygen atoms in total. The summed E-state index contributed by atoms with van der Waals surface area (Å²) in [7, 11) is 1.63. The lowest BCUT2D eigenvalue weighted by atomic mass is 10.1. The number of methoxy groups -OCH3 is 1. The minimum Gasteiger partial charge on any atom is -0.486 e. The third-order valence-electron chi connectivity index (χ3n) is 2.89. The molecule has 114 valence electrons. The Bertz CT molecular complexity index is 388. The zero-order valence-corrected chi connectivity index (χ0v) is 12.6. The Balaban J connectivity index is 2.71. The first-order valence-electron chi connectivity index (χ1n) is 7.04. The minimum absolute atomic E-state index is 0.0194. The molecule has 0 aliphatic carbocycles. The van der Waals surface area contributed by atoms with Gasteiger partial charge in [-0.2, -0.15) is 0 Å². The number of aliphatic hydroxyl groups is 1. The summed E-state index contributed by atoms with van der Waals surface area (Å²) in [6, 6.07) is -0.0194. The van der Waals surface area contributed by atoms with E-state index >= 15 is 0 Å². The lowest BCUT2D eigenvalue weighted by Crippen LogP contribution is -2.25. The molecule has 0 bridgehead atoms. The topological polar surface area (TPSA) is 76.5 Å². The largest absolute Gasteiger partial charge is 0.486 e. The highest BCUT2D eigenvalue weighted by atomic mass is 16.5. The molecule has 6 heteroatoms. The maximum atomic E-state index is 9.42. The third-order valence-corrected chi connectivity index (χ3v) is 2.89. The van der Waals surface area contributed by atoms with E-state index in [9.17, 15) is 5.11 Å². The van der Waals surface area contributed by atoms with Crippen molar-refractivity contribution < 1.29 is 14.6 Å². The molecule has 1 aromatic heterocycles. The third kappa shape index (κ3) is 5.71. The molecule has 1 atom stereocenters. The number of unbranched alkanes of at least 4 members (excludes halogenated alkanes) is 1.